The molecule has 0 spiro atoms. The summed E-state index contributed by atoms with van der Waals surface area (Å²) in [6, 6.07) is 12.8. The lowest BCUT2D eigenvalue weighted by Gasteiger charge is -2.27. The summed E-state index contributed by atoms with van der Waals surface area (Å²) in [7, 11) is 0. The number of benzene rings is 1. The van der Waals surface area contributed by atoms with Crippen molar-refractivity contribution < 1.29 is 4.74 Å². The van der Waals surface area contributed by atoms with Crippen LogP contribution in [0.3, 0.4) is 0 Å². The second-order valence-electron chi connectivity index (χ2n) is 9.78. The van der Waals surface area contributed by atoms with E-state index >= 15 is 0 Å². The van der Waals surface area contributed by atoms with E-state index in [1.807, 2.05) is 13.0 Å². The zero-order valence-electron chi connectivity index (χ0n) is 19.0. The van der Waals surface area contributed by atoms with Crippen molar-refractivity contribution in [1.82, 2.24) is 4.98 Å². The van der Waals surface area contributed by atoms with Crippen LogP contribution in [0.25, 0.3) is 11.3 Å². The number of hydrogen-bond acceptors (Lipinski definition) is 3. The molecule has 3 nitrogen and oxygen atoms in total. The van der Waals surface area contributed by atoms with Gasteiger partial charge in [0.05, 0.1) is 18.0 Å². The Kier molecular flexibility index (Phi) is 4.88. The van der Waals surface area contributed by atoms with E-state index in [-0.39, 0.29) is 5.41 Å². The highest BCUT2D eigenvalue weighted by atomic mass is 16.5. The minimum atomic E-state index is 0.213. The van der Waals surface area contributed by atoms with Gasteiger partial charge in [0.15, 0.2) is 0 Å². The van der Waals surface area contributed by atoms with Gasteiger partial charge in [0.2, 0.25) is 0 Å². The molecule has 31 heavy (non-hydrogen) atoms. The Morgan fingerprint density at radius 2 is 1.94 bits per heavy atom. The van der Waals surface area contributed by atoms with E-state index in [4.69, 9.17) is 14.7 Å². The summed E-state index contributed by atoms with van der Waals surface area (Å²) in [5.41, 5.74) is 8.34. The predicted molar refractivity (Wildman–Crippen MR) is 128 cm³/mol. The Hall–Kier alpha value is -2.68. The standard InChI is InChI=1S/C28H32N2O/c1-5-27-12-14-28(18-27,15-13-27)21(4)30-26(24-8-6-7-19(2)29-24)20(3)23-10-9-22-11-16-31-25(22)17-23/h5-10,17H,1,11-16,18H2,2-4H3/b26-20+,30-21?. The fraction of sp³-hybridized carbons (Fsp3) is 0.429. The average Bonchev–Trinajstić information content (AvgIpc) is 3.51. The van der Waals surface area contributed by atoms with E-state index in [2.05, 4.69) is 56.8 Å². The third-order valence-electron chi connectivity index (χ3n) is 7.99. The molecule has 2 bridgehead atoms. The van der Waals surface area contributed by atoms with Crippen molar-refractivity contribution in [2.75, 3.05) is 6.61 Å². The zero-order chi connectivity index (χ0) is 21.6. The number of aromatic nitrogens is 1. The molecule has 2 fully saturated rings. The van der Waals surface area contributed by atoms with Gasteiger partial charge in [-0.2, -0.15) is 0 Å². The lowest BCUT2D eigenvalue weighted by Crippen LogP contribution is -2.24. The molecule has 2 heterocycles. The second kappa shape index (κ2) is 7.47. The lowest BCUT2D eigenvalue weighted by molar-refractivity contribution is 0.356. The largest absolute Gasteiger partial charge is 0.493 e. The smallest absolute Gasteiger partial charge is 0.123 e. The minimum Gasteiger partial charge on any atom is -0.493 e. The van der Waals surface area contributed by atoms with Gasteiger partial charge < -0.3 is 4.74 Å². The second-order valence-corrected chi connectivity index (χ2v) is 9.78. The molecule has 2 aliphatic carbocycles. The number of hydrogen-bond donors (Lipinski definition) is 0. The van der Waals surface area contributed by atoms with Crippen LogP contribution in [0.4, 0.5) is 0 Å². The third-order valence-corrected chi connectivity index (χ3v) is 7.99. The molecule has 5 rings (SSSR count). The van der Waals surface area contributed by atoms with E-state index in [1.165, 1.54) is 43.4 Å². The maximum atomic E-state index is 5.84. The van der Waals surface area contributed by atoms with Gasteiger partial charge in [0, 0.05) is 23.2 Å². The molecule has 2 aromatic rings. The molecule has 0 unspecified atom stereocenters. The molecule has 160 valence electrons. The van der Waals surface area contributed by atoms with Gasteiger partial charge in [-0.1, -0.05) is 24.3 Å². The van der Waals surface area contributed by atoms with Gasteiger partial charge in [-0.15, -0.1) is 6.58 Å². The predicted octanol–water partition coefficient (Wildman–Crippen LogP) is 6.81. The van der Waals surface area contributed by atoms with E-state index in [0.29, 0.717) is 5.41 Å². The van der Waals surface area contributed by atoms with Crippen LogP contribution in [0.15, 0.2) is 54.0 Å². The Balaban J connectivity index is 1.61. The number of pyridine rings is 1. The summed E-state index contributed by atoms with van der Waals surface area (Å²) >= 11 is 0. The van der Waals surface area contributed by atoms with E-state index in [1.54, 1.807) is 0 Å². The number of ether oxygens (including phenoxy) is 1. The third kappa shape index (κ3) is 3.44. The summed E-state index contributed by atoms with van der Waals surface area (Å²) in [5, 5.41) is 0. The summed E-state index contributed by atoms with van der Waals surface area (Å²) in [6.07, 6.45) is 9.32. The van der Waals surface area contributed by atoms with Crippen LogP contribution in [0.1, 0.15) is 68.5 Å². The van der Waals surface area contributed by atoms with Crippen LogP contribution in [0.2, 0.25) is 0 Å². The Labute approximate surface area is 186 Å². The van der Waals surface area contributed by atoms with Crippen molar-refractivity contribution in [3.05, 3.63) is 71.6 Å². The fourth-order valence-electron chi connectivity index (χ4n) is 5.85. The molecule has 3 heteroatoms. The van der Waals surface area contributed by atoms with E-state index < -0.39 is 0 Å². The monoisotopic (exact) mass is 412 g/mol. The number of nitrogens with zero attached hydrogens (tertiary/aromatic N) is 2. The highest BCUT2D eigenvalue weighted by molar-refractivity contribution is 5.98. The van der Waals surface area contributed by atoms with Gasteiger partial charge >= 0.3 is 0 Å². The number of aliphatic imine (C=N–C) groups is 1. The van der Waals surface area contributed by atoms with Crippen LogP contribution < -0.4 is 4.74 Å². The maximum absolute atomic E-state index is 5.84. The topological polar surface area (TPSA) is 34.5 Å². The highest BCUT2D eigenvalue weighted by Gasteiger charge is 2.54. The summed E-state index contributed by atoms with van der Waals surface area (Å²) in [5.74, 6) is 1.01. The number of allylic oxidation sites excluding steroid dienone is 2. The van der Waals surface area contributed by atoms with Crippen molar-refractivity contribution in [3.8, 4) is 5.75 Å². The molecule has 0 amide bonds. The van der Waals surface area contributed by atoms with Crippen molar-refractivity contribution in [1.29, 1.82) is 0 Å². The van der Waals surface area contributed by atoms with Crippen molar-refractivity contribution in [3.63, 3.8) is 0 Å². The Bertz CT molecular complexity index is 1100. The summed E-state index contributed by atoms with van der Waals surface area (Å²) in [6.45, 7) is 11.4. The lowest BCUT2D eigenvalue weighted by atomic mass is 9.79. The molecular formula is C28H32N2O. The van der Waals surface area contributed by atoms with Crippen LogP contribution in [-0.4, -0.2) is 17.3 Å². The number of aryl methyl sites for hydroxylation is 1. The molecule has 0 N–H and O–H groups in total. The van der Waals surface area contributed by atoms with Crippen LogP contribution >= 0.6 is 0 Å². The summed E-state index contributed by atoms with van der Waals surface area (Å²) < 4.78 is 5.84. The molecule has 3 aliphatic rings. The molecule has 1 aromatic heterocycles. The molecule has 0 saturated heterocycles. The molecule has 1 aliphatic heterocycles. The fourth-order valence-corrected chi connectivity index (χ4v) is 5.85. The van der Waals surface area contributed by atoms with Crippen molar-refractivity contribution >= 4 is 17.0 Å². The SMILES string of the molecule is C=CC12CCC(C(C)=N/C(=C(\C)c3ccc4c(c3)OCC4)c3cccc(C)n3)(CC1)C2. The van der Waals surface area contributed by atoms with E-state index in [0.717, 1.165) is 47.0 Å². The van der Waals surface area contributed by atoms with Crippen molar-refractivity contribution in [2.45, 2.75) is 59.3 Å². The normalized spacial score (nSPS) is 27.6. The van der Waals surface area contributed by atoms with Gasteiger partial charge in [-0.3, -0.25) is 9.98 Å². The highest BCUT2D eigenvalue weighted by Crippen LogP contribution is 2.62. The molecule has 0 radical (unpaired) electrons. The van der Waals surface area contributed by atoms with Gasteiger partial charge in [0.1, 0.15) is 5.75 Å². The first-order chi connectivity index (χ1) is 14.9. The minimum absolute atomic E-state index is 0.213. The Morgan fingerprint density at radius 1 is 1.13 bits per heavy atom. The molecule has 2 saturated carbocycles. The van der Waals surface area contributed by atoms with Crippen LogP contribution in [0, 0.1) is 17.8 Å². The zero-order valence-corrected chi connectivity index (χ0v) is 19.0. The maximum Gasteiger partial charge on any atom is 0.123 e. The average molecular weight is 413 g/mol. The van der Waals surface area contributed by atoms with Crippen LogP contribution in [0.5, 0.6) is 5.75 Å². The first-order valence-corrected chi connectivity index (χ1v) is 11.5. The van der Waals surface area contributed by atoms with Gasteiger partial charge in [-0.05, 0) is 93.2 Å². The Morgan fingerprint density at radius 3 is 2.65 bits per heavy atom. The number of rotatable bonds is 5. The molecular weight excluding hydrogens is 380 g/mol. The van der Waals surface area contributed by atoms with Gasteiger partial charge in [-0.25, -0.2) is 0 Å². The summed E-state index contributed by atoms with van der Waals surface area (Å²) in [4.78, 5) is 10.2. The van der Waals surface area contributed by atoms with E-state index in [9.17, 15) is 0 Å². The molecule has 0 atom stereocenters. The first-order valence-electron chi connectivity index (χ1n) is 11.5. The van der Waals surface area contributed by atoms with Gasteiger partial charge in [0.25, 0.3) is 0 Å². The first kappa shape index (κ1) is 20.2. The molecule has 1 aromatic carbocycles. The van der Waals surface area contributed by atoms with Crippen LogP contribution in [-0.2, 0) is 6.42 Å². The number of fused-ring (bicyclic) bond motifs is 3. The van der Waals surface area contributed by atoms with Crippen molar-refractivity contribution in [2.24, 2.45) is 15.8 Å². The quantitative estimate of drug-likeness (QED) is 0.399.